The van der Waals surface area contributed by atoms with Gasteiger partial charge in [0.2, 0.25) is 0 Å². The monoisotopic (exact) mass is 333 g/mol. The van der Waals surface area contributed by atoms with Crippen molar-refractivity contribution < 1.29 is 4.74 Å². The van der Waals surface area contributed by atoms with E-state index < -0.39 is 0 Å². The Bertz CT molecular complexity index is 193. The molecule has 0 aromatic rings. The van der Waals surface area contributed by atoms with Crippen LogP contribution in [0.3, 0.4) is 0 Å². The third-order valence-corrected chi connectivity index (χ3v) is 4.61. The molecule has 1 aliphatic rings. The molecule has 1 saturated heterocycles. The molecule has 0 radical (unpaired) electrons. The molecule has 1 fully saturated rings. The van der Waals surface area contributed by atoms with Crippen molar-refractivity contribution in [2.24, 2.45) is 0 Å². The van der Waals surface area contributed by atoms with Crippen molar-refractivity contribution in [3.8, 4) is 0 Å². The van der Waals surface area contributed by atoms with E-state index in [9.17, 15) is 0 Å². The maximum Gasteiger partial charge on any atom is 0.0599 e. The highest BCUT2D eigenvalue weighted by atomic mass is 79.9. The minimum absolute atomic E-state index is 0.538. The molecule has 0 spiro atoms. The summed E-state index contributed by atoms with van der Waals surface area (Å²) in [4.78, 5) is 2.63. The average Bonchev–Trinajstić information content (AvgIpc) is 2.44. The van der Waals surface area contributed by atoms with Gasteiger partial charge >= 0.3 is 0 Å². The minimum atomic E-state index is 0.538. The molecule has 1 heterocycles. The van der Waals surface area contributed by atoms with Gasteiger partial charge in [-0.05, 0) is 39.2 Å². The third kappa shape index (κ3) is 9.04. The number of hydrogen-bond donors (Lipinski definition) is 0. The maximum absolute atomic E-state index is 5.69. The quantitative estimate of drug-likeness (QED) is 0.404. The van der Waals surface area contributed by atoms with E-state index in [1.54, 1.807) is 0 Å². The molecule has 0 saturated carbocycles. The number of unbranched alkanes of at least 4 members (excludes halogenated alkanes) is 6. The van der Waals surface area contributed by atoms with E-state index in [4.69, 9.17) is 4.74 Å². The van der Waals surface area contributed by atoms with Gasteiger partial charge in [0.25, 0.3) is 0 Å². The first-order chi connectivity index (χ1) is 9.36. The molecule has 1 aliphatic heterocycles. The number of ether oxygens (including phenoxy) is 1. The van der Waals surface area contributed by atoms with E-state index in [1.807, 2.05) is 0 Å². The van der Waals surface area contributed by atoms with Gasteiger partial charge in [-0.2, -0.15) is 0 Å². The highest BCUT2D eigenvalue weighted by Gasteiger charge is 2.18. The molecule has 114 valence electrons. The molecule has 0 amide bonds. The lowest BCUT2D eigenvalue weighted by Crippen LogP contribution is -2.37. The number of likely N-dealkylation sites (tertiary alicyclic amines) is 1. The lowest BCUT2D eigenvalue weighted by atomic mass is 10.1. The SMILES string of the molecule is CCOC1CCN(CCCCCCCCCBr)CC1. The molecule has 2 nitrogen and oxygen atoms in total. The fourth-order valence-corrected chi connectivity index (χ4v) is 3.25. The summed E-state index contributed by atoms with van der Waals surface area (Å²) in [6.45, 7) is 6.77. The first-order valence-electron chi connectivity index (χ1n) is 8.26. The molecular formula is C16H32BrNO. The van der Waals surface area contributed by atoms with E-state index in [1.165, 1.54) is 82.8 Å². The summed E-state index contributed by atoms with van der Waals surface area (Å²) in [7, 11) is 0. The van der Waals surface area contributed by atoms with Gasteiger partial charge in [-0.1, -0.05) is 48.0 Å². The summed E-state index contributed by atoms with van der Waals surface area (Å²) >= 11 is 3.49. The van der Waals surface area contributed by atoms with E-state index in [0.717, 1.165) is 6.61 Å². The second-order valence-corrected chi connectivity index (χ2v) is 6.45. The number of piperidine rings is 1. The smallest absolute Gasteiger partial charge is 0.0599 e. The molecule has 0 aromatic carbocycles. The summed E-state index contributed by atoms with van der Waals surface area (Å²) in [6.07, 6.45) is 12.8. The number of hydrogen-bond acceptors (Lipinski definition) is 2. The van der Waals surface area contributed by atoms with Crippen molar-refractivity contribution in [3.63, 3.8) is 0 Å². The zero-order valence-electron chi connectivity index (χ0n) is 12.7. The fourth-order valence-electron chi connectivity index (χ4n) is 2.85. The third-order valence-electron chi connectivity index (χ3n) is 4.04. The fraction of sp³-hybridized carbons (Fsp3) is 1.00. The number of nitrogens with zero attached hydrogens (tertiary/aromatic N) is 1. The molecule has 0 unspecified atom stereocenters. The van der Waals surface area contributed by atoms with Crippen molar-refractivity contribution in [3.05, 3.63) is 0 Å². The Hall–Kier alpha value is 0.400. The molecule has 1 rings (SSSR count). The molecular weight excluding hydrogens is 302 g/mol. The Morgan fingerprint density at radius 2 is 1.53 bits per heavy atom. The summed E-state index contributed by atoms with van der Waals surface area (Å²) in [5.74, 6) is 0. The van der Waals surface area contributed by atoms with Gasteiger partial charge in [0.15, 0.2) is 0 Å². The average molecular weight is 334 g/mol. The van der Waals surface area contributed by atoms with Gasteiger partial charge in [-0.15, -0.1) is 0 Å². The summed E-state index contributed by atoms with van der Waals surface area (Å²) in [5.41, 5.74) is 0. The van der Waals surface area contributed by atoms with E-state index >= 15 is 0 Å². The van der Waals surface area contributed by atoms with Gasteiger partial charge in [0.05, 0.1) is 6.10 Å². The largest absolute Gasteiger partial charge is 0.378 e. The molecule has 0 aromatic heterocycles. The van der Waals surface area contributed by atoms with Crippen molar-refractivity contribution >= 4 is 15.9 Å². The van der Waals surface area contributed by atoms with Crippen LogP contribution >= 0.6 is 15.9 Å². The zero-order chi connectivity index (χ0) is 13.8. The lowest BCUT2D eigenvalue weighted by molar-refractivity contribution is 0.0140. The highest BCUT2D eigenvalue weighted by Crippen LogP contribution is 2.15. The van der Waals surface area contributed by atoms with Crippen molar-refractivity contribution in [2.45, 2.75) is 70.8 Å². The van der Waals surface area contributed by atoms with Crippen LogP contribution in [0, 0.1) is 0 Å². The van der Waals surface area contributed by atoms with E-state index in [-0.39, 0.29) is 0 Å². The van der Waals surface area contributed by atoms with Crippen molar-refractivity contribution in [1.82, 2.24) is 4.90 Å². The number of halogens is 1. The number of rotatable bonds is 11. The number of alkyl halides is 1. The first kappa shape index (κ1) is 17.5. The second kappa shape index (κ2) is 12.2. The standard InChI is InChI=1S/C16H32BrNO/c1-2-19-16-10-14-18(15-11-16)13-9-7-5-3-4-6-8-12-17/h16H,2-15H2,1H3. The van der Waals surface area contributed by atoms with Crippen LogP contribution in [0.25, 0.3) is 0 Å². The van der Waals surface area contributed by atoms with Gasteiger partial charge in [-0.25, -0.2) is 0 Å². The molecule has 0 N–H and O–H groups in total. The van der Waals surface area contributed by atoms with Crippen LogP contribution in [0.15, 0.2) is 0 Å². The van der Waals surface area contributed by atoms with Gasteiger partial charge in [-0.3, -0.25) is 0 Å². The molecule has 3 heteroatoms. The molecule has 19 heavy (non-hydrogen) atoms. The van der Waals surface area contributed by atoms with Crippen molar-refractivity contribution in [2.75, 3.05) is 31.6 Å². The Morgan fingerprint density at radius 3 is 2.11 bits per heavy atom. The van der Waals surface area contributed by atoms with E-state index in [0.29, 0.717) is 6.10 Å². The minimum Gasteiger partial charge on any atom is -0.378 e. The Labute approximate surface area is 128 Å². The van der Waals surface area contributed by atoms with Crippen LogP contribution in [0.2, 0.25) is 0 Å². The topological polar surface area (TPSA) is 12.5 Å². The van der Waals surface area contributed by atoms with Crippen molar-refractivity contribution in [1.29, 1.82) is 0 Å². The Kier molecular flexibility index (Phi) is 11.2. The predicted molar refractivity (Wildman–Crippen MR) is 87.2 cm³/mol. The van der Waals surface area contributed by atoms with Gasteiger partial charge < -0.3 is 9.64 Å². The van der Waals surface area contributed by atoms with Crippen LogP contribution < -0.4 is 0 Å². The Balaban J connectivity index is 1.85. The molecule has 0 bridgehead atoms. The summed E-state index contributed by atoms with van der Waals surface area (Å²) in [5, 5.41) is 1.17. The van der Waals surface area contributed by atoms with Crippen LogP contribution in [-0.2, 0) is 4.74 Å². The second-order valence-electron chi connectivity index (χ2n) is 5.66. The summed E-state index contributed by atoms with van der Waals surface area (Å²) in [6, 6.07) is 0. The lowest BCUT2D eigenvalue weighted by Gasteiger charge is -2.31. The first-order valence-corrected chi connectivity index (χ1v) is 9.39. The predicted octanol–water partition coefficient (Wildman–Crippen LogP) is 4.61. The Morgan fingerprint density at radius 1 is 0.947 bits per heavy atom. The highest BCUT2D eigenvalue weighted by molar-refractivity contribution is 9.09. The summed E-state index contributed by atoms with van der Waals surface area (Å²) < 4.78 is 5.69. The zero-order valence-corrected chi connectivity index (χ0v) is 14.3. The van der Waals surface area contributed by atoms with Gasteiger partial charge in [0.1, 0.15) is 0 Å². The maximum atomic E-state index is 5.69. The normalized spacial score (nSPS) is 18.0. The van der Waals surface area contributed by atoms with Crippen LogP contribution in [-0.4, -0.2) is 42.6 Å². The van der Waals surface area contributed by atoms with Crippen LogP contribution in [0.4, 0.5) is 0 Å². The van der Waals surface area contributed by atoms with Gasteiger partial charge in [0, 0.05) is 25.0 Å². The molecule has 0 aliphatic carbocycles. The van der Waals surface area contributed by atoms with Crippen LogP contribution in [0.5, 0.6) is 0 Å². The van der Waals surface area contributed by atoms with E-state index in [2.05, 4.69) is 27.8 Å². The molecule has 0 atom stereocenters. The van der Waals surface area contributed by atoms with Crippen LogP contribution in [0.1, 0.15) is 64.7 Å².